The Morgan fingerprint density at radius 2 is 2.11 bits per heavy atom. The molecule has 0 aliphatic rings. The molecule has 1 heterocycles. The van der Waals surface area contributed by atoms with E-state index in [-0.39, 0.29) is 17.5 Å². The normalized spacial score (nSPS) is 11.3. The van der Waals surface area contributed by atoms with E-state index >= 15 is 0 Å². The fourth-order valence-electron chi connectivity index (χ4n) is 1.18. The first-order valence-electron chi connectivity index (χ1n) is 5.46. The molecule has 0 aromatic carbocycles. The number of pyridine rings is 1. The monoisotopic (exact) mass is 288 g/mol. The summed E-state index contributed by atoms with van der Waals surface area (Å²) < 4.78 is 32.2. The fourth-order valence-corrected chi connectivity index (χ4v) is 1.74. The summed E-state index contributed by atoms with van der Waals surface area (Å²) in [4.78, 5) is 15.2. The summed E-state index contributed by atoms with van der Waals surface area (Å²) in [6.07, 6.45) is 2.35. The van der Waals surface area contributed by atoms with Crippen molar-refractivity contribution in [1.82, 2.24) is 4.98 Å². The van der Waals surface area contributed by atoms with Crippen molar-refractivity contribution in [3.8, 4) is 0 Å². The van der Waals surface area contributed by atoms with Gasteiger partial charge in [0.1, 0.15) is 6.61 Å². The van der Waals surface area contributed by atoms with E-state index in [1.165, 1.54) is 18.3 Å². The smallest absolute Gasteiger partial charge is 0.250 e. The van der Waals surface area contributed by atoms with Crippen LogP contribution in [-0.2, 0) is 24.1 Å². The van der Waals surface area contributed by atoms with Crippen LogP contribution in [0, 0.1) is 0 Å². The second kappa shape index (κ2) is 7.17. The van der Waals surface area contributed by atoms with Gasteiger partial charge in [-0.3, -0.25) is 4.79 Å². The SMILES string of the molecule is COCCOCC(=O)Nc1ccc(S(C)(=O)=O)nc1. The summed E-state index contributed by atoms with van der Waals surface area (Å²) in [5.74, 6) is -0.343. The number of carbonyl (C=O) groups excluding carboxylic acids is 1. The number of nitrogens with one attached hydrogen (secondary N) is 1. The zero-order valence-electron chi connectivity index (χ0n) is 10.8. The molecule has 106 valence electrons. The number of sulfone groups is 1. The zero-order valence-corrected chi connectivity index (χ0v) is 11.6. The number of ether oxygens (including phenoxy) is 2. The van der Waals surface area contributed by atoms with Crippen LogP contribution in [0.1, 0.15) is 0 Å². The molecular weight excluding hydrogens is 272 g/mol. The zero-order chi connectivity index (χ0) is 14.3. The minimum absolute atomic E-state index is 0.0400. The molecule has 1 rings (SSSR count). The van der Waals surface area contributed by atoms with Gasteiger partial charge in [-0.15, -0.1) is 0 Å². The Morgan fingerprint density at radius 1 is 1.37 bits per heavy atom. The van der Waals surface area contributed by atoms with Gasteiger partial charge in [-0.1, -0.05) is 0 Å². The predicted molar refractivity (Wildman–Crippen MR) is 68.7 cm³/mol. The van der Waals surface area contributed by atoms with Crippen LogP contribution in [0.4, 0.5) is 5.69 Å². The van der Waals surface area contributed by atoms with Crippen LogP contribution >= 0.6 is 0 Å². The molecule has 0 atom stereocenters. The van der Waals surface area contributed by atoms with Gasteiger partial charge in [0.05, 0.1) is 25.1 Å². The number of carbonyl (C=O) groups is 1. The lowest BCUT2D eigenvalue weighted by atomic mass is 10.4. The molecule has 0 saturated carbocycles. The van der Waals surface area contributed by atoms with Gasteiger partial charge in [0.2, 0.25) is 5.91 Å². The van der Waals surface area contributed by atoms with Crippen molar-refractivity contribution in [1.29, 1.82) is 0 Å². The van der Waals surface area contributed by atoms with Crippen LogP contribution in [-0.4, -0.2) is 52.5 Å². The summed E-state index contributed by atoms with van der Waals surface area (Å²) >= 11 is 0. The molecule has 7 nitrogen and oxygen atoms in total. The first-order chi connectivity index (χ1) is 8.93. The fraction of sp³-hybridized carbons (Fsp3) is 0.455. The van der Waals surface area contributed by atoms with Gasteiger partial charge in [-0.2, -0.15) is 0 Å². The van der Waals surface area contributed by atoms with E-state index in [0.29, 0.717) is 18.9 Å². The largest absolute Gasteiger partial charge is 0.382 e. The molecule has 0 radical (unpaired) electrons. The number of hydrogen-bond donors (Lipinski definition) is 1. The first-order valence-corrected chi connectivity index (χ1v) is 7.35. The van der Waals surface area contributed by atoms with Gasteiger partial charge in [0, 0.05) is 13.4 Å². The Labute approximate surface area is 111 Å². The maximum atomic E-state index is 11.4. The molecule has 1 N–H and O–H groups in total. The Kier molecular flexibility index (Phi) is 5.87. The van der Waals surface area contributed by atoms with E-state index in [1.807, 2.05) is 0 Å². The van der Waals surface area contributed by atoms with Gasteiger partial charge in [0.25, 0.3) is 0 Å². The third-order valence-corrected chi connectivity index (χ3v) is 3.07. The number of nitrogens with zero attached hydrogens (tertiary/aromatic N) is 1. The maximum Gasteiger partial charge on any atom is 0.250 e. The predicted octanol–water partition coefficient (Wildman–Crippen LogP) is 0.0866. The van der Waals surface area contributed by atoms with E-state index in [9.17, 15) is 13.2 Å². The highest BCUT2D eigenvalue weighted by molar-refractivity contribution is 7.90. The molecule has 0 bridgehead atoms. The number of methoxy groups -OCH3 is 1. The van der Waals surface area contributed by atoms with E-state index in [2.05, 4.69) is 10.3 Å². The molecule has 0 spiro atoms. The second-order valence-electron chi connectivity index (χ2n) is 3.75. The average Bonchev–Trinajstić information content (AvgIpc) is 2.34. The summed E-state index contributed by atoms with van der Waals surface area (Å²) in [5.41, 5.74) is 0.410. The maximum absolute atomic E-state index is 11.4. The molecule has 1 amide bonds. The number of anilines is 1. The topological polar surface area (TPSA) is 94.6 Å². The van der Waals surface area contributed by atoms with Crippen molar-refractivity contribution in [2.24, 2.45) is 0 Å². The number of hydrogen-bond acceptors (Lipinski definition) is 6. The van der Waals surface area contributed by atoms with Crippen molar-refractivity contribution in [3.63, 3.8) is 0 Å². The highest BCUT2D eigenvalue weighted by atomic mass is 32.2. The van der Waals surface area contributed by atoms with Crippen molar-refractivity contribution < 1.29 is 22.7 Å². The van der Waals surface area contributed by atoms with Gasteiger partial charge in [-0.25, -0.2) is 13.4 Å². The molecule has 0 aliphatic heterocycles. The van der Waals surface area contributed by atoms with Gasteiger partial charge in [-0.05, 0) is 12.1 Å². The number of aromatic nitrogens is 1. The molecule has 0 unspecified atom stereocenters. The Morgan fingerprint density at radius 3 is 2.63 bits per heavy atom. The second-order valence-corrected chi connectivity index (χ2v) is 5.71. The van der Waals surface area contributed by atoms with Crippen molar-refractivity contribution >= 4 is 21.4 Å². The Hall–Kier alpha value is -1.51. The molecule has 0 fully saturated rings. The first kappa shape index (κ1) is 15.5. The molecule has 0 aliphatic carbocycles. The van der Waals surface area contributed by atoms with Gasteiger partial charge < -0.3 is 14.8 Å². The molecule has 8 heteroatoms. The molecule has 1 aromatic heterocycles. The van der Waals surface area contributed by atoms with E-state index in [4.69, 9.17) is 9.47 Å². The minimum atomic E-state index is -3.33. The van der Waals surface area contributed by atoms with Crippen molar-refractivity contribution in [3.05, 3.63) is 18.3 Å². The minimum Gasteiger partial charge on any atom is -0.382 e. The molecule has 1 aromatic rings. The van der Waals surface area contributed by atoms with Crippen LogP contribution in [0.2, 0.25) is 0 Å². The van der Waals surface area contributed by atoms with Crippen LogP contribution < -0.4 is 5.32 Å². The summed E-state index contributed by atoms with van der Waals surface area (Å²) in [7, 11) is -1.79. The van der Waals surface area contributed by atoms with Gasteiger partial charge in [0.15, 0.2) is 14.9 Å². The number of rotatable bonds is 7. The molecule has 19 heavy (non-hydrogen) atoms. The van der Waals surface area contributed by atoms with Crippen LogP contribution in [0.15, 0.2) is 23.4 Å². The highest BCUT2D eigenvalue weighted by Gasteiger charge is 2.09. The average molecular weight is 288 g/mol. The number of amides is 1. The lowest BCUT2D eigenvalue weighted by molar-refractivity contribution is -0.121. The van der Waals surface area contributed by atoms with Crippen molar-refractivity contribution in [2.45, 2.75) is 5.03 Å². The molecule has 0 saturated heterocycles. The summed E-state index contributed by atoms with van der Waals surface area (Å²) in [5, 5.41) is 2.50. The summed E-state index contributed by atoms with van der Waals surface area (Å²) in [6.45, 7) is 0.643. The van der Waals surface area contributed by atoms with E-state index in [0.717, 1.165) is 6.26 Å². The van der Waals surface area contributed by atoms with Gasteiger partial charge >= 0.3 is 0 Å². The van der Waals surface area contributed by atoms with Crippen LogP contribution in [0.3, 0.4) is 0 Å². The lowest BCUT2D eigenvalue weighted by Crippen LogP contribution is -2.19. The molecular formula is C11H16N2O5S. The highest BCUT2D eigenvalue weighted by Crippen LogP contribution is 2.09. The summed E-state index contributed by atoms with van der Waals surface area (Å²) in [6, 6.07) is 2.80. The third-order valence-electron chi connectivity index (χ3n) is 2.06. The quantitative estimate of drug-likeness (QED) is 0.714. The van der Waals surface area contributed by atoms with E-state index in [1.54, 1.807) is 7.11 Å². The van der Waals surface area contributed by atoms with Crippen molar-refractivity contribution in [2.75, 3.05) is 38.5 Å². The van der Waals surface area contributed by atoms with Crippen LogP contribution in [0.5, 0.6) is 0 Å². The Bertz CT molecular complexity index is 512. The van der Waals surface area contributed by atoms with E-state index < -0.39 is 9.84 Å². The standard InChI is InChI=1S/C11H16N2O5S/c1-17-5-6-18-8-10(14)13-9-3-4-11(12-7-9)19(2,15)16/h3-4,7H,5-6,8H2,1-2H3,(H,13,14). The third kappa shape index (κ3) is 5.77. The van der Waals surface area contributed by atoms with Crippen LogP contribution in [0.25, 0.3) is 0 Å². The Balaban J connectivity index is 2.47. The lowest BCUT2D eigenvalue weighted by Gasteiger charge is -2.06.